The average molecular weight is 1790 g/mol. The molecule has 6 heterocycles. The number of carbonyl (C=O) groups is 1. The molecule has 0 aromatic carbocycles. The van der Waals surface area contributed by atoms with Crippen molar-refractivity contribution in [2.24, 2.45) is 0 Å². The van der Waals surface area contributed by atoms with Crippen LogP contribution in [0.5, 0.6) is 0 Å². The Bertz CT molecular complexity index is 2000. The molecule has 0 aromatic rings. The van der Waals surface area contributed by atoms with Crippen molar-refractivity contribution in [3.63, 3.8) is 0 Å². The number of hydrogen-bond acceptors (Lipinski definition) is 29. The molecule has 0 bridgehead atoms. The van der Waals surface area contributed by atoms with Crippen LogP contribution in [-0.4, -0.2) is 104 Å². The maximum atomic E-state index is 11.6. The molecule has 6 aliphatic rings. The maximum absolute atomic E-state index is 11.6. The number of alkyl halides is 3. The molecule has 0 atom stereocenters. The molecule has 0 saturated heterocycles. The predicted octanol–water partition coefficient (Wildman–Crippen LogP) is 17.8. The van der Waals surface area contributed by atoms with Crippen molar-refractivity contribution in [3.8, 4) is 0 Å². The number of hydrogen-bond donors (Lipinski definition) is 4. The molecule has 0 spiro atoms. The average Bonchev–Trinajstić information content (AvgIpc) is 4.24. The summed E-state index contributed by atoms with van der Waals surface area (Å²) < 4.78 is 41.4. The summed E-state index contributed by atoms with van der Waals surface area (Å²) in [6.45, 7) is 4.54. The Labute approximate surface area is 627 Å². The van der Waals surface area contributed by atoms with Crippen LogP contribution in [0.2, 0.25) is 0 Å². The van der Waals surface area contributed by atoms with Crippen molar-refractivity contribution in [2.75, 3.05) is 80.8 Å². The van der Waals surface area contributed by atoms with Crippen LogP contribution in [-0.2, 0) is 19.1 Å². The van der Waals surface area contributed by atoms with Gasteiger partial charge in [0.05, 0.1) is 83.3 Å². The van der Waals surface area contributed by atoms with Gasteiger partial charge in [0.1, 0.15) is 0 Å². The van der Waals surface area contributed by atoms with Crippen molar-refractivity contribution in [1.29, 1.82) is 0 Å². The fraction of sp³-hybridized carbons (Fsp3) is 0.487. The van der Waals surface area contributed by atoms with E-state index in [1.807, 2.05) is 219 Å². The van der Waals surface area contributed by atoms with Crippen LogP contribution in [0, 0.1) is 0 Å². The minimum atomic E-state index is -1.00. The van der Waals surface area contributed by atoms with Crippen LogP contribution < -0.4 is 68.9 Å². The van der Waals surface area contributed by atoms with Crippen LogP contribution in [0.25, 0.3) is 0 Å². The smallest absolute Gasteiger partial charge is 0.870 e. The van der Waals surface area contributed by atoms with Gasteiger partial charge in [-0.25, -0.2) is 0 Å². The Morgan fingerprint density at radius 3 is 1.23 bits per heavy atom. The van der Waals surface area contributed by atoms with Gasteiger partial charge in [0.25, 0.3) is 0 Å². The van der Waals surface area contributed by atoms with Crippen LogP contribution in [0.4, 0.5) is 4.39 Å². The summed E-state index contributed by atoms with van der Waals surface area (Å²) in [5.41, 5.74) is 0. The van der Waals surface area contributed by atoms with Gasteiger partial charge < -0.3 is 15.7 Å². The number of thioether (sulfide) groups is 20. The summed E-state index contributed by atoms with van der Waals surface area (Å²) in [5.74, 6) is 5.04. The van der Waals surface area contributed by atoms with Crippen molar-refractivity contribution >= 4 is 343 Å². The zero-order valence-electron chi connectivity index (χ0n) is 40.9. The molecule has 0 saturated carbocycles. The SMILES string of the molecule is CCCCSC1=C(CS)S/C(=C2/SC(SC)=C(SCCC(=O)OCC)S2)S1.CSC1=C(SC)SC(=C2SC(CS)=C(SCSC3=C(SC)SC(=C4SC(CS)=C(CS)S4)S3)S2)S1.ICI.O.O=C=O.[2H]CF.[Cs+].[OH-]. The normalized spacial score (nSPS) is 18.3. The first kappa shape index (κ1) is 81.3. The molecule has 0 fully saturated rings. The van der Waals surface area contributed by atoms with E-state index in [2.05, 4.69) is 128 Å². The van der Waals surface area contributed by atoms with Gasteiger partial charge in [0.2, 0.25) is 0 Å². The minimum absolute atomic E-state index is 0. The van der Waals surface area contributed by atoms with Crippen LogP contribution in [0.3, 0.4) is 0 Å². The Morgan fingerprint density at radius 1 is 0.575 bits per heavy atom. The summed E-state index contributed by atoms with van der Waals surface area (Å²) >= 11 is 60.8. The van der Waals surface area contributed by atoms with Gasteiger partial charge in [-0.15, -0.1) is 94.1 Å². The molecular weight excluding hydrogens is 1740 g/mol. The largest absolute Gasteiger partial charge is 1.00 e. The van der Waals surface area contributed by atoms with Crippen LogP contribution >= 0.6 is 331 Å². The van der Waals surface area contributed by atoms with Crippen molar-refractivity contribution in [1.82, 2.24) is 0 Å². The maximum Gasteiger partial charge on any atom is 1.00 e. The van der Waals surface area contributed by atoms with Crippen molar-refractivity contribution in [3.05, 3.63) is 78.9 Å². The third-order valence-corrected chi connectivity index (χ3v) is 38.1. The Morgan fingerprint density at radius 2 is 0.863 bits per heavy atom. The molecular formula is C39H52CsFI2O6S24. The molecule has 6 nitrogen and oxygen atoms in total. The zero-order chi connectivity index (χ0) is 52.7. The first-order valence-corrected chi connectivity index (χ1v) is 43.6. The third kappa shape index (κ3) is 29.9. The quantitative estimate of drug-likeness (QED) is 0.0218. The van der Waals surface area contributed by atoms with Gasteiger partial charge in [0.15, 0.2) is 0 Å². The van der Waals surface area contributed by atoms with Gasteiger partial charge >= 0.3 is 81.0 Å². The number of esters is 1. The number of halogens is 3. The van der Waals surface area contributed by atoms with E-state index in [9.17, 15) is 9.18 Å². The number of rotatable bonds is 21. The molecule has 0 amide bonds. The van der Waals surface area contributed by atoms with Gasteiger partial charge in [-0.3, -0.25) is 9.18 Å². The van der Waals surface area contributed by atoms with E-state index in [0.717, 1.165) is 33.8 Å². The third-order valence-electron chi connectivity index (χ3n) is 7.38. The van der Waals surface area contributed by atoms with Crippen molar-refractivity contribution in [2.45, 2.75) is 33.1 Å². The molecule has 0 aliphatic carbocycles. The number of unbranched alkanes of at least 4 members (excludes halogenated alkanes) is 1. The van der Waals surface area contributed by atoms with E-state index in [-0.39, 0.29) is 92.0 Å². The zero-order valence-corrected chi connectivity index (χ0v) is 70.4. The first-order valence-electron chi connectivity index (χ1n) is 20.1. The van der Waals surface area contributed by atoms with E-state index in [0.29, 0.717) is 13.0 Å². The molecule has 73 heavy (non-hydrogen) atoms. The molecule has 6 aliphatic heterocycles. The summed E-state index contributed by atoms with van der Waals surface area (Å²) in [6.07, 6.45) is 11.9. The van der Waals surface area contributed by atoms with Gasteiger partial charge in [0, 0.05) is 53.5 Å². The topological polar surface area (TPSA) is 122 Å². The molecule has 34 heteroatoms. The second kappa shape index (κ2) is 51.2. The fourth-order valence-electron chi connectivity index (χ4n) is 4.54. The van der Waals surface area contributed by atoms with Crippen LogP contribution in [0.15, 0.2) is 78.9 Å². The van der Waals surface area contributed by atoms with E-state index < -0.39 is 7.15 Å². The molecule has 410 valence electrons. The van der Waals surface area contributed by atoms with Gasteiger partial charge in [-0.1, -0.05) is 200 Å². The number of thiol groups is 4. The fourth-order valence-corrected chi connectivity index (χ4v) is 34.8. The second-order valence-corrected chi connectivity index (χ2v) is 41.3. The van der Waals surface area contributed by atoms with E-state index in [1.54, 1.807) is 23.5 Å². The van der Waals surface area contributed by atoms with E-state index in [1.165, 1.54) is 100.0 Å². The predicted molar refractivity (Wildman–Crippen MR) is 395 cm³/mol. The molecule has 0 aromatic heterocycles. The molecule has 0 radical (unpaired) electrons. The standard InChI is InChI=1S/C19H20S16.C17H24O2S8.CH3F.CH2I2.CO2.Cs.2H2O/c1-23-12-13(24-2)33-19(32-12)17-30-10(6-22)11(31-17)26-7-27-15-14(25-3)34-18(35-15)16-28-8(4-20)9(5-21)29-16;1-4-6-8-22-13-11(10-20)24-16(25-13)17-26-14(21-3)15(27-17)23-9-7-12(18)19-5-2;1-2;2*2-1-3;;;/h20-22H,4-7H2,1-3H3;20H,4-10H2,1-3H3;1H3;1H2;;;2*1H2/q;;;;;+1;;/p-1/b;17-16+;;;;;;/i;;1D;;;;;. The second-order valence-electron chi connectivity index (χ2n) is 11.6. The Kier molecular flexibility index (Phi) is 57.0. The number of ether oxygens (including phenoxy) is 1. The van der Waals surface area contributed by atoms with Crippen molar-refractivity contribution < 1.29 is 105 Å². The number of carbonyl (C=O) groups excluding carboxylic acids is 3. The summed E-state index contributed by atoms with van der Waals surface area (Å²) in [5, 5.41) is 1.02. The molecule has 6 rings (SSSR count). The Balaban J connectivity index is 0. The van der Waals surface area contributed by atoms with E-state index >= 15 is 0 Å². The van der Waals surface area contributed by atoms with Crippen LogP contribution in [0.1, 0.15) is 34.5 Å². The minimum Gasteiger partial charge on any atom is -0.870 e. The Hall–Kier alpha value is 8.27. The van der Waals surface area contributed by atoms with Gasteiger partial charge in [-0.05, 0) is 44.1 Å². The first-order chi connectivity index (χ1) is 34.4. The summed E-state index contributed by atoms with van der Waals surface area (Å²) in [4.78, 5) is 33.3. The monoisotopic (exact) mass is 1790 g/mol. The summed E-state index contributed by atoms with van der Waals surface area (Å²) in [7, 11) is -1.00. The summed E-state index contributed by atoms with van der Waals surface area (Å²) in [6, 6.07) is 0. The molecule has 0 unspecified atom stereocenters. The molecule has 3 N–H and O–H groups in total. The van der Waals surface area contributed by atoms with E-state index in [4.69, 9.17) is 15.7 Å². The van der Waals surface area contributed by atoms with Gasteiger partial charge in [-0.2, -0.15) is 60.1 Å².